The predicted molar refractivity (Wildman–Crippen MR) is 81.0 cm³/mol. The van der Waals surface area contributed by atoms with Crippen molar-refractivity contribution in [3.63, 3.8) is 0 Å². The average Bonchev–Trinajstić information content (AvgIpc) is 2.47. The number of hydrogen-bond acceptors (Lipinski definition) is 2. The Morgan fingerprint density at radius 3 is 2.45 bits per heavy atom. The van der Waals surface area contributed by atoms with Gasteiger partial charge in [0.15, 0.2) is 0 Å². The number of rotatable bonds is 6. The molecular formula is C17H18F2N2O. The van der Waals surface area contributed by atoms with E-state index in [-0.39, 0.29) is 0 Å². The molecule has 2 atom stereocenters. The maximum absolute atomic E-state index is 13.8. The maximum atomic E-state index is 13.8. The summed E-state index contributed by atoms with van der Waals surface area (Å²) in [4.78, 5) is 11.6. The minimum absolute atomic E-state index is 0.292. The SMILES string of the molecule is C[C@@H](N[C@@H](Cc1ccccc1)C(N)=O)c1ccc(F)cc1F. The van der Waals surface area contributed by atoms with Gasteiger partial charge in [0.05, 0.1) is 6.04 Å². The van der Waals surface area contributed by atoms with Crippen LogP contribution in [0.2, 0.25) is 0 Å². The van der Waals surface area contributed by atoms with Gasteiger partial charge in [0.25, 0.3) is 0 Å². The van der Waals surface area contributed by atoms with Crippen LogP contribution in [-0.2, 0) is 11.2 Å². The van der Waals surface area contributed by atoms with Crippen LogP contribution in [0.25, 0.3) is 0 Å². The van der Waals surface area contributed by atoms with Crippen LogP contribution in [0, 0.1) is 11.6 Å². The van der Waals surface area contributed by atoms with Gasteiger partial charge in [-0.25, -0.2) is 8.78 Å². The second-order valence-electron chi connectivity index (χ2n) is 5.20. The summed E-state index contributed by atoms with van der Waals surface area (Å²) in [6, 6.07) is 11.7. The molecule has 0 spiro atoms. The number of primary amides is 1. The van der Waals surface area contributed by atoms with E-state index in [4.69, 9.17) is 5.73 Å². The Labute approximate surface area is 128 Å². The molecule has 0 radical (unpaired) electrons. The van der Waals surface area contributed by atoms with Crippen LogP contribution in [0.1, 0.15) is 24.1 Å². The van der Waals surface area contributed by atoms with E-state index in [1.54, 1.807) is 6.92 Å². The minimum Gasteiger partial charge on any atom is -0.368 e. The van der Waals surface area contributed by atoms with E-state index in [0.717, 1.165) is 11.6 Å². The fraction of sp³-hybridized carbons (Fsp3) is 0.235. The quantitative estimate of drug-likeness (QED) is 0.862. The molecule has 1 amide bonds. The molecule has 2 rings (SSSR count). The smallest absolute Gasteiger partial charge is 0.234 e. The van der Waals surface area contributed by atoms with Crippen molar-refractivity contribution >= 4 is 5.91 Å². The predicted octanol–water partition coefficient (Wildman–Crippen LogP) is 2.71. The molecule has 0 aromatic heterocycles. The second-order valence-corrected chi connectivity index (χ2v) is 5.20. The van der Waals surface area contributed by atoms with Crippen LogP contribution in [0.4, 0.5) is 8.78 Å². The van der Waals surface area contributed by atoms with Gasteiger partial charge in [-0.2, -0.15) is 0 Å². The highest BCUT2D eigenvalue weighted by atomic mass is 19.1. The minimum atomic E-state index is -0.650. The zero-order valence-corrected chi connectivity index (χ0v) is 12.2. The molecule has 3 nitrogen and oxygen atoms in total. The van der Waals surface area contributed by atoms with Crippen molar-refractivity contribution in [2.24, 2.45) is 5.73 Å². The molecule has 0 aliphatic rings. The molecule has 0 aliphatic carbocycles. The Kier molecular flexibility index (Phi) is 5.22. The molecule has 0 saturated carbocycles. The van der Waals surface area contributed by atoms with Gasteiger partial charge in [-0.15, -0.1) is 0 Å². The first kappa shape index (κ1) is 16.1. The van der Waals surface area contributed by atoms with Crippen molar-refractivity contribution in [3.05, 3.63) is 71.3 Å². The summed E-state index contributed by atoms with van der Waals surface area (Å²) in [5, 5.41) is 3.00. The van der Waals surface area contributed by atoms with Crippen LogP contribution < -0.4 is 11.1 Å². The molecule has 0 bridgehead atoms. The Balaban J connectivity index is 2.12. The van der Waals surface area contributed by atoms with E-state index in [9.17, 15) is 13.6 Å². The fourth-order valence-corrected chi connectivity index (χ4v) is 2.34. The summed E-state index contributed by atoms with van der Waals surface area (Å²) in [5.74, 6) is -1.80. The Morgan fingerprint density at radius 2 is 1.86 bits per heavy atom. The van der Waals surface area contributed by atoms with Crippen LogP contribution in [0.15, 0.2) is 48.5 Å². The zero-order chi connectivity index (χ0) is 16.1. The molecule has 0 saturated heterocycles. The number of amides is 1. The van der Waals surface area contributed by atoms with Gasteiger partial charge in [-0.1, -0.05) is 36.4 Å². The van der Waals surface area contributed by atoms with E-state index in [0.29, 0.717) is 12.0 Å². The van der Waals surface area contributed by atoms with Crippen LogP contribution in [0.5, 0.6) is 0 Å². The number of carbonyl (C=O) groups is 1. The van der Waals surface area contributed by atoms with Crippen LogP contribution >= 0.6 is 0 Å². The van der Waals surface area contributed by atoms with Crippen molar-refractivity contribution in [3.8, 4) is 0 Å². The molecule has 2 aromatic rings. The van der Waals surface area contributed by atoms with E-state index < -0.39 is 29.6 Å². The number of nitrogens with one attached hydrogen (secondary N) is 1. The molecule has 22 heavy (non-hydrogen) atoms. The molecule has 3 N–H and O–H groups in total. The van der Waals surface area contributed by atoms with Crippen molar-refractivity contribution in [2.45, 2.75) is 25.4 Å². The summed E-state index contributed by atoms with van der Waals surface area (Å²) in [6.45, 7) is 1.71. The molecule has 2 aromatic carbocycles. The molecule has 116 valence electrons. The lowest BCUT2D eigenvalue weighted by atomic mass is 10.0. The number of carbonyl (C=O) groups excluding carboxylic acids is 1. The Hall–Kier alpha value is -2.27. The molecule has 0 aliphatic heterocycles. The highest BCUT2D eigenvalue weighted by molar-refractivity contribution is 5.80. The largest absolute Gasteiger partial charge is 0.368 e. The summed E-state index contributed by atoms with van der Waals surface area (Å²) in [7, 11) is 0. The second kappa shape index (κ2) is 7.13. The molecule has 0 fully saturated rings. The van der Waals surface area contributed by atoms with E-state index in [1.165, 1.54) is 12.1 Å². The van der Waals surface area contributed by atoms with E-state index in [2.05, 4.69) is 5.32 Å². The Morgan fingerprint density at radius 1 is 1.18 bits per heavy atom. The topological polar surface area (TPSA) is 55.1 Å². The van der Waals surface area contributed by atoms with E-state index in [1.807, 2.05) is 30.3 Å². The lowest BCUT2D eigenvalue weighted by molar-refractivity contribution is -0.120. The fourth-order valence-electron chi connectivity index (χ4n) is 2.34. The highest BCUT2D eigenvalue weighted by Gasteiger charge is 2.20. The zero-order valence-electron chi connectivity index (χ0n) is 12.2. The van der Waals surface area contributed by atoms with Crippen molar-refractivity contribution < 1.29 is 13.6 Å². The summed E-state index contributed by atoms with van der Waals surface area (Å²) < 4.78 is 26.7. The van der Waals surface area contributed by atoms with Crippen molar-refractivity contribution in [2.75, 3.05) is 0 Å². The first-order valence-corrected chi connectivity index (χ1v) is 7.01. The number of halogens is 2. The van der Waals surface area contributed by atoms with Gasteiger partial charge in [-0.05, 0) is 25.0 Å². The van der Waals surface area contributed by atoms with Crippen LogP contribution in [-0.4, -0.2) is 11.9 Å². The lowest BCUT2D eigenvalue weighted by Gasteiger charge is -2.22. The van der Waals surface area contributed by atoms with Gasteiger partial charge in [0.2, 0.25) is 5.91 Å². The normalized spacial score (nSPS) is 13.6. The third kappa shape index (κ3) is 4.11. The first-order chi connectivity index (χ1) is 10.5. The summed E-state index contributed by atoms with van der Waals surface area (Å²) in [5.41, 5.74) is 6.66. The Bertz CT molecular complexity index is 646. The lowest BCUT2D eigenvalue weighted by Crippen LogP contribution is -2.44. The molecule has 0 heterocycles. The standard InChI is InChI=1S/C17H18F2N2O/c1-11(14-8-7-13(18)10-15(14)19)21-16(17(20)22)9-12-5-3-2-4-6-12/h2-8,10-11,16,21H,9H2,1H3,(H2,20,22)/t11-,16+/m1/s1. The average molecular weight is 304 g/mol. The number of benzene rings is 2. The van der Waals surface area contributed by atoms with Gasteiger partial charge in [0, 0.05) is 17.7 Å². The van der Waals surface area contributed by atoms with Crippen molar-refractivity contribution in [1.29, 1.82) is 0 Å². The third-order valence-corrected chi connectivity index (χ3v) is 3.51. The van der Waals surface area contributed by atoms with Crippen molar-refractivity contribution in [1.82, 2.24) is 5.32 Å². The number of hydrogen-bond donors (Lipinski definition) is 2. The monoisotopic (exact) mass is 304 g/mol. The molecule has 0 unspecified atom stereocenters. The van der Waals surface area contributed by atoms with Gasteiger partial charge >= 0.3 is 0 Å². The molecular weight excluding hydrogens is 286 g/mol. The maximum Gasteiger partial charge on any atom is 0.234 e. The van der Waals surface area contributed by atoms with E-state index >= 15 is 0 Å². The first-order valence-electron chi connectivity index (χ1n) is 7.01. The summed E-state index contributed by atoms with van der Waals surface area (Å²) >= 11 is 0. The number of nitrogens with two attached hydrogens (primary N) is 1. The van der Waals surface area contributed by atoms with Crippen LogP contribution in [0.3, 0.4) is 0 Å². The summed E-state index contributed by atoms with van der Waals surface area (Å²) in [6.07, 6.45) is 0.406. The molecule has 5 heteroatoms. The van der Waals surface area contributed by atoms with Gasteiger partial charge in [0.1, 0.15) is 11.6 Å². The third-order valence-electron chi connectivity index (χ3n) is 3.51. The van der Waals surface area contributed by atoms with Gasteiger partial charge < -0.3 is 5.73 Å². The highest BCUT2D eigenvalue weighted by Crippen LogP contribution is 2.19. The van der Waals surface area contributed by atoms with Gasteiger partial charge in [-0.3, -0.25) is 10.1 Å².